The highest BCUT2D eigenvalue weighted by Crippen LogP contribution is 2.31. The third-order valence-electron chi connectivity index (χ3n) is 4.37. The van der Waals surface area contributed by atoms with Gasteiger partial charge in [-0.3, -0.25) is 0 Å². The lowest BCUT2D eigenvalue weighted by molar-refractivity contribution is -0.0119. The summed E-state index contributed by atoms with van der Waals surface area (Å²) >= 11 is 0. The molecule has 0 aromatic carbocycles. The quantitative estimate of drug-likeness (QED) is 0.802. The van der Waals surface area contributed by atoms with Gasteiger partial charge in [0.25, 0.3) is 0 Å². The van der Waals surface area contributed by atoms with Crippen LogP contribution in [0.1, 0.15) is 38.2 Å². The first-order chi connectivity index (χ1) is 9.66. The molecule has 0 radical (unpaired) electrons. The second-order valence-corrected chi connectivity index (χ2v) is 6.24. The Bertz CT molecular complexity index is 580. The van der Waals surface area contributed by atoms with E-state index >= 15 is 0 Å². The zero-order valence-corrected chi connectivity index (χ0v) is 12.0. The first-order valence-electron chi connectivity index (χ1n) is 7.50. The molecule has 4 nitrogen and oxygen atoms in total. The molecule has 0 aliphatic heterocycles. The van der Waals surface area contributed by atoms with Gasteiger partial charge in [-0.05, 0) is 36.5 Å². The summed E-state index contributed by atoms with van der Waals surface area (Å²) in [6, 6.07) is 4.03. The van der Waals surface area contributed by atoms with Crippen LogP contribution in [-0.2, 0) is 6.54 Å². The van der Waals surface area contributed by atoms with Gasteiger partial charge in [-0.1, -0.05) is 19.8 Å². The van der Waals surface area contributed by atoms with Crippen molar-refractivity contribution < 1.29 is 5.11 Å². The molecule has 1 saturated carbocycles. The minimum atomic E-state index is -0.526. The fourth-order valence-corrected chi connectivity index (χ4v) is 3.38. The van der Waals surface area contributed by atoms with E-state index < -0.39 is 5.60 Å². The zero-order valence-electron chi connectivity index (χ0n) is 12.0. The third kappa shape index (κ3) is 2.86. The highest BCUT2D eigenvalue weighted by atomic mass is 16.3. The van der Waals surface area contributed by atoms with Crippen molar-refractivity contribution in [3.63, 3.8) is 0 Å². The first kappa shape index (κ1) is 13.6. The molecule has 20 heavy (non-hydrogen) atoms. The van der Waals surface area contributed by atoms with E-state index in [1.807, 2.05) is 12.3 Å². The number of rotatable bonds is 4. The summed E-state index contributed by atoms with van der Waals surface area (Å²) in [5, 5.41) is 15.2. The molecule has 1 aliphatic rings. The van der Waals surface area contributed by atoms with Crippen LogP contribution in [0.4, 0.5) is 0 Å². The highest BCUT2D eigenvalue weighted by molar-refractivity contribution is 5.79. The Balaban J connectivity index is 1.60. The minimum absolute atomic E-state index is 0.526. The molecule has 3 rings (SSSR count). The number of nitrogens with one attached hydrogen (secondary N) is 2. The lowest BCUT2D eigenvalue weighted by Gasteiger charge is -2.35. The summed E-state index contributed by atoms with van der Waals surface area (Å²) in [6.45, 7) is 3.67. The third-order valence-corrected chi connectivity index (χ3v) is 4.37. The summed E-state index contributed by atoms with van der Waals surface area (Å²) in [6.07, 6.45) is 8.00. The van der Waals surface area contributed by atoms with Crippen molar-refractivity contribution in [2.24, 2.45) is 5.92 Å². The van der Waals surface area contributed by atoms with Crippen molar-refractivity contribution in [2.45, 2.75) is 44.8 Å². The average molecular weight is 273 g/mol. The van der Waals surface area contributed by atoms with Gasteiger partial charge in [0.2, 0.25) is 0 Å². The summed E-state index contributed by atoms with van der Waals surface area (Å²) in [7, 11) is 0. The number of hydrogen-bond donors (Lipinski definition) is 3. The molecule has 0 bridgehead atoms. The van der Waals surface area contributed by atoms with Crippen molar-refractivity contribution in [1.82, 2.24) is 15.3 Å². The molecule has 1 aliphatic carbocycles. The molecule has 4 heteroatoms. The Kier molecular flexibility index (Phi) is 3.76. The van der Waals surface area contributed by atoms with Gasteiger partial charge in [0.15, 0.2) is 0 Å². The minimum Gasteiger partial charge on any atom is -0.389 e. The van der Waals surface area contributed by atoms with E-state index in [4.69, 9.17) is 0 Å². The van der Waals surface area contributed by atoms with Crippen molar-refractivity contribution in [2.75, 3.05) is 6.54 Å². The van der Waals surface area contributed by atoms with E-state index in [0.29, 0.717) is 12.5 Å². The number of aromatic amines is 1. The molecule has 1 fully saturated rings. The number of hydrogen-bond acceptors (Lipinski definition) is 3. The number of fused-ring (bicyclic) bond motifs is 1. The molecular weight excluding hydrogens is 250 g/mol. The van der Waals surface area contributed by atoms with Crippen LogP contribution in [0, 0.1) is 5.92 Å². The lowest BCUT2D eigenvalue weighted by Crippen LogP contribution is -2.43. The monoisotopic (exact) mass is 273 g/mol. The second-order valence-electron chi connectivity index (χ2n) is 6.24. The maximum Gasteiger partial charge on any atom is 0.137 e. The molecule has 2 aromatic heterocycles. The van der Waals surface area contributed by atoms with Gasteiger partial charge in [-0.15, -0.1) is 0 Å². The Morgan fingerprint density at radius 3 is 3.30 bits per heavy atom. The van der Waals surface area contributed by atoms with Crippen molar-refractivity contribution in [3.8, 4) is 0 Å². The Morgan fingerprint density at radius 1 is 1.55 bits per heavy atom. The van der Waals surface area contributed by atoms with Gasteiger partial charge in [0, 0.05) is 30.9 Å². The topological polar surface area (TPSA) is 60.9 Å². The fraction of sp³-hybridized carbons (Fsp3) is 0.562. The summed E-state index contributed by atoms with van der Waals surface area (Å²) < 4.78 is 0. The van der Waals surface area contributed by atoms with Crippen LogP contribution in [0.3, 0.4) is 0 Å². The van der Waals surface area contributed by atoms with Crippen LogP contribution in [0.25, 0.3) is 11.0 Å². The molecule has 2 atom stereocenters. The Morgan fingerprint density at radius 2 is 2.45 bits per heavy atom. The van der Waals surface area contributed by atoms with Gasteiger partial charge in [0.1, 0.15) is 5.65 Å². The predicted octanol–water partition coefficient (Wildman–Crippen LogP) is 2.59. The molecule has 0 saturated heterocycles. The van der Waals surface area contributed by atoms with Crippen LogP contribution in [0.15, 0.2) is 24.5 Å². The number of pyridine rings is 1. The Hall–Kier alpha value is -1.39. The number of nitrogens with zero attached hydrogens (tertiary/aromatic N) is 1. The number of H-pyrrole nitrogens is 1. The number of aromatic nitrogens is 2. The predicted molar refractivity (Wildman–Crippen MR) is 80.4 cm³/mol. The zero-order chi connectivity index (χ0) is 14.0. The van der Waals surface area contributed by atoms with E-state index in [-0.39, 0.29) is 0 Å². The fourth-order valence-electron chi connectivity index (χ4n) is 3.38. The molecule has 2 heterocycles. The molecule has 2 unspecified atom stereocenters. The smallest absolute Gasteiger partial charge is 0.137 e. The Labute approximate surface area is 119 Å². The summed E-state index contributed by atoms with van der Waals surface area (Å²) in [5.41, 5.74) is 1.61. The second kappa shape index (κ2) is 5.54. The lowest BCUT2D eigenvalue weighted by atomic mass is 9.79. The van der Waals surface area contributed by atoms with E-state index in [1.165, 1.54) is 12.0 Å². The molecule has 0 spiro atoms. The van der Waals surface area contributed by atoms with Gasteiger partial charge in [-0.2, -0.15) is 0 Å². The average Bonchev–Trinajstić information content (AvgIpc) is 2.82. The van der Waals surface area contributed by atoms with Crippen molar-refractivity contribution >= 4 is 11.0 Å². The van der Waals surface area contributed by atoms with E-state index in [9.17, 15) is 5.11 Å². The maximum absolute atomic E-state index is 10.6. The van der Waals surface area contributed by atoms with E-state index in [0.717, 1.165) is 36.8 Å². The van der Waals surface area contributed by atoms with Crippen molar-refractivity contribution in [1.29, 1.82) is 0 Å². The van der Waals surface area contributed by atoms with Crippen LogP contribution in [0.5, 0.6) is 0 Å². The van der Waals surface area contributed by atoms with Gasteiger partial charge in [0.05, 0.1) is 5.60 Å². The molecule has 3 N–H and O–H groups in total. The van der Waals surface area contributed by atoms with E-state index in [1.54, 1.807) is 6.20 Å². The summed E-state index contributed by atoms with van der Waals surface area (Å²) in [5.74, 6) is 0.632. The highest BCUT2D eigenvalue weighted by Gasteiger charge is 2.32. The van der Waals surface area contributed by atoms with Gasteiger partial charge < -0.3 is 15.4 Å². The van der Waals surface area contributed by atoms with Gasteiger partial charge in [-0.25, -0.2) is 4.98 Å². The largest absolute Gasteiger partial charge is 0.389 e. The number of aliphatic hydroxyl groups is 1. The van der Waals surface area contributed by atoms with Crippen LogP contribution in [0.2, 0.25) is 0 Å². The molecule has 2 aromatic rings. The molecule has 108 valence electrons. The molecular formula is C16H23N3O. The van der Waals surface area contributed by atoms with Gasteiger partial charge >= 0.3 is 0 Å². The van der Waals surface area contributed by atoms with E-state index in [2.05, 4.69) is 28.3 Å². The van der Waals surface area contributed by atoms with Crippen LogP contribution in [-0.4, -0.2) is 27.2 Å². The summed E-state index contributed by atoms with van der Waals surface area (Å²) in [4.78, 5) is 7.47. The van der Waals surface area contributed by atoms with Crippen LogP contribution >= 0.6 is 0 Å². The first-order valence-corrected chi connectivity index (χ1v) is 7.50. The molecule has 0 amide bonds. The maximum atomic E-state index is 10.6. The van der Waals surface area contributed by atoms with Crippen molar-refractivity contribution in [3.05, 3.63) is 30.1 Å². The normalized spacial score (nSPS) is 27.0. The standard InChI is InChI=1S/C16H23N3O/c1-12-4-2-6-16(20,8-12)11-17-9-13-10-19-15-14(13)5-3-7-18-15/h3,5,7,10,12,17,20H,2,4,6,8-9,11H2,1H3,(H,18,19). The SMILES string of the molecule is CC1CCCC(O)(CNCc2c[nH]c3ncccc23)C1. The van der Waals surface area contributed by atoms with Crippen LogP contribution < -0.4 is 5.32 Å².